The van der Waals surface area contributed by atoms with E-state index in [0.717, 1.165) is 25.8 Å². The summed E-state index contributed by atoms with van der Waals surface area (Å²) in [5.74, 6) is 0.922. The van der Waals surface area contributed by atoms with E-state index < -0.39 is 0 Å². The minimum Gasteiger partial charge on any atom is -0.378 e. The SMILES string of the molecule is CC1CC(C(=O)N(C)CC2CC(Cl)C2)CO1. The second-order valence-corrected chi connectivity index (χ2v) is 5.85. The molecular weight excluding hydrogens is 226 g/mol. The number of amides is 1. The zero-order valence-electron chi connectivity index (χ0n) is 9.99. The largest absolute Gasteiger partial charge is 0.378 e. The molecule has 2 unspecified atom stereocenters. The van der Waals surface area contributed by atoms with Gasteiger partial charge in [-0.2, -0.15) is 0 Å². The molecule has 0 spiro atoms. The van der Waals surface area contributed by atoms with E-state index in [0.29, 0.717) is 17.9 Å². The van der Waals surface area contributed by atoms with Crippen LogP contribution >= 0.6 is 11.6 Å². The minimum absolute atomic E-state index is 0.0758. The molecule has 2 aliphatic rings. The number of hydrogen-bond acceptors (Lipinski definition) is 2. The topological polar surface area (TPSA) is 29.5 Å². The number of hydrogen-bond donors (Lipinski definition) is 0. The van der Waals surface area contributed by atoms with Gasteiger partial charge in [-0.3, -0.25) is 4.79 Å². The van der Waals surface area contributed by atoms with Crippen molar-refractivity contribution >= 4 is 17.5 Å². The zero-order chi connectivity index (χ0) is 11.7. The Balaban J connectivity index is 1.76. The van der Waals surface area contributed by atoms with Crippen LogP contribution in [0.25, 0.3) is 0 Å². The van der Waals surface area contributed by atoms with Crippen molar-refractivity contribution < 1.29 is 9.53 Å². The molecule has 0 aromatic heterocycles. The average molecular weight is 246 g/mol. The number of alkyl halides is 1. The number of carbonyl (C=O) groups is 1. The van der Waals surface area contributed by atoms with E-state index in [9.17, 15) is 4.79 Å². The third-order valence-corrected chi connectivity index (χ3v) is 3.99. The fraction of sp³-hybridized carbons (Fsp3) is 0.917. The fourth-order valence-corrected chi connectivity index (χ4v) is 3.09. The van der Waals surface area contributed by atoms with Crippen LogP contribution in [-0.4, -0.2) is 42.5 Å². The predicted molar refractivity (Wildman–Crippen MR) is 63.5 cm³/mol. The average Bonchev–Trinajstić information content (AvgIpc) is 2.61. The van der Waals surface area contributed by atoms with Crippen LogP contribution in [0.2, 0.25) is 0 Å². The summed E-state index contributed by atoms with van der Waals surface area (Å²) < 4.78 is 5.43. The molecule has 1 saturated carbocycles. The monoisotopic (exact) mass is 245 g/mol. The molecule has 0 aromatic rings. The van der Waals surface area contributed by atoms with E-state index in [1.807, 2.05) is 18.9 Å². The standard InChI is InChI=1S/C12H20ClNO2/c1-8-3-10(7-16-8)12(15)14(2)6-9-4-11(13)5-9/h8-11H,3-7H2,1-2H3. The normalized spacial score (nSPS) is 38.2. The number of nitrogens with zero attached hydrogens (tertiary/aromatic N) is 1. The lowest BCUT2D eigenvalue weighted by Crippen LogP contribution is -2.40. The lowest BCUT2D eigenvalue weighted by Gasteiger charge is -2.34. The smallest absolute Gasteiger partial charge is 0.227 e. The molecule has 0 bridgehead atoms. The van der Waals surface area contributed by atoms with Crippen LogP contribution in [0.3, 0.4) is 0 Å². The van der Waals surface area contributed by atoms with Gasteiger partial charge < -0.3 is 9.64 Å². The number of carbonyl (C=O) groups excluding carboxylic acids is 1. The first-order valence-electron chi connectivity index (χ1n) is 6.07. The van der Waals surface area contributed by atoms with Crippen LogP contribution in [-0.2, 0) is 9.53 Å². The highest BCUT2D eigenvalue weighted by atomic mass is 35.5. The first-order chi connectivity index (χ1) is 7.56. The van der Waals surface area contributed by atoms with Crippen molar-refractivity contribution in [1.29, 1.82) is 0 Å². The highest BCUT2D eigenvalue weighted by Crippen LogP contribution is 2.32. The predicted octanol–water partition coefficient (Wildman–Crippen LogP) is 1.89. The van der Waals surface area contributed by atoms with Crippen molar-refractivity contribution in [2.45, 2.75) is 37.7 Å². The molecule has 0 N–H and O–H groups in total. The fourth-order valence-electron chi connectivity index (χ4n) is 2.58. The summed E-state index contributed by atoms with van der Waals surface area (Å²) in [5.41, 5.74) is 0. The van der Waals surface area contributed by atoms with Crippen molar-refractivity contribution in [3.05, 3.63) is 0 Å². The minimum atomic E-state index is 0.0758. The third kappa shape index (κ3) is 2.69. The van der Waals surface area contributed by atoms with Gasteiger partial charge in [0, 0.05) is 19.0 Å². The Morgan fingerprint density at radius 2 is 2.12 bits per heavy atom. The zero-order valence-corrected chi connectivity index (χ0v) is 10.7. The van der Waals surface area contributed by atoms with Gasteiger partial charge in [0.15, 0.2) is 0 Å². The van der Waals surface area contributed by atoms with E-state index in [1.54, 1.807) is 0 Å². The maximum Gasteiger partial charge on any atom is 0.227 e. The van der Waals surface area contributed by atoms with Gasteiger partial charge in [0.25, 0.3) is 0 Å². The summed E-state index contributed by atoms with van der Waals surface area (Å²) in [6.45, 7) is 3.47. The lowest BCUT2D eigenvalue weighted by molar-refractivity contribution is -0.135. The molecule has 0 radical (unpaired) electrons. The Morgan fingerprint density at radius 3 is 2.62 bits per heavy atom. The van der Waals surface area contributed by atoms with Crippen molar-refractivity contribution in [3.63, 3.8) is 0 Å². The van der Waals surface area contributed by atoms with Gasteiger partial charge >= 0.3 is 0 Å². The molecule has 16 heavy (non-hydrogen) atoms. The van der Waals surface area contributed by atoms with E-state index in [1.165, 1.54) is 0 Å². The molecule has 1 aliphatic heterocycles. The highest BCUT2D eigenvalue weighted by Gasteiger charge is 2.33. The maximum atomic E-state index is 12.1. The van der Waals surface area contributed by atoms with Gasteiger partial charge in [-0.1, -0.05) is 0 Å². The third-order valence-electron chi connectivity index (χ3n) is 3.63. The van der Waals surface area contributed by atoms with Crippen LogP contribution in [0.1, 0.15) is 26.2 Å². The Labute approximate surface area is 102 Å². The molecular formula is C12H20ClNO2. The Morgan fingerprint density at radius 1 is 1.44 bits per heavy atom. The summed E-state index contributed by atoms with van der Waals surface area (Å²) in [6.07, 6.45) is 3.21. The van der Waals surface area contributed by atoms with Crippen LogP contribution in [0.4, 0.5) is 0 Å². The number of rotatable bonds is 3. The highest BCUT2D eigenvalue weighted by molar-refractivity contribution is 6.21. The van der Waals surface area contributed by atoms with Gasteiger partial charge in [0.2, 0.25) is 5.91 Å². The van der Waals surface area contributed by atoms with Gasteiger partial charge in [-0.15, -0.1) is 11.6 Å². The second kappa shape index (κ2) is 4.92. The van der Waals surface area contributed by atoms with Crippen molar-refractivity contribution in [2.75, 3.05) is 20.2 Å². The molecule has 2 rings (SSSR count). The van der Waals surface area contributed by atoms with E-state index in [2.05, 4.69) is 0 Å². The second-order valence-electron chi connectivity index (χ2n) is 5.23. The molecule has 1 amide bonds. The van der Waals surface area contributed by atoms with Crippen LogP contribution < -0.4 is 0 Å². The van der Waals surface area contributed by atoms with Crippen LogP contribution in [0.15, 0.2) is 0 Å². The van der Waals surface area contributed by atoms with E-state index in [-0.39, 0.29) is 17.9 Å². The molecule has 4 heteroatoms. The first kappa shape index (κ1) is 12.2. The van der Waals surface area contributed by atoms with E-state index in [4.69, 9.17) is 16.3 Å². The quantitative estimate of drug-likeness (QED) is 0.711. The molecule has 0 aromatic carbocycles. The van der Waals surface area contributed by atoms with Gasteiger partial charge in [-0.25, -0.2) is 0 Å². The maximum absolute atomic E-state index is 12.1. The Hall–Kier alpha value is -0.280. The first-order valence-corrected chi connectivity index (χ1v) is 6.50. The molecule has 1 aliphatic carbocycles. The molecule has 2 fully saturated rings. The summed E-state index contributed by atoms with van der Waals surface area (Å²) in [4.78, 5) is 13.9. The summed E-state index contributed by atoms with van der Waals surface area (Å²) in [7, 11) is 1.90. The Bertz CT molecular complexity index is 266. The summed E-state index contributed by atoms with van der Waals surface area (Å²) in [5, 5.41) is 0.336. The van der Waals surface area contributed by atoms with Crippen molar-refractivity contribution in [2.24, 2.45) is 11.8 Å². The summed E-state index contributed by atoms with van der Waals surface area (Å²) in [6, 6.07) is 0. The number of halogens is 1. The van der Waals surface area contributed by atoms with Crippen LogP contribution in [0.5, 0.6) is 0 Å². The van der Waals surface area contributed by atoms with Crippen molar-refractivity contribution in [1.82, 2.24) is 4.90 Å². The van der Waals surface area contributed by atoms with Gasteiger partial charge in [0.05, 0.1) is 18.6 Å². The Kier molecular flexibility index (Phi) is 3.75. The summed E-state index contributed by atoms with van der Waals surface area (Å²) >= 11 is 5.93. The molecule has 3 nitrogen and oxygen atoms in total. The van der Waals surface area contributed by atoms with Crippen molar-refractivity contribution in [3.8, 4) is 0 Å². The van der Waals surface area contributed by atoms with Gasteiger partial charge in [0.1, 0.15) is 0 Å². The molecule has 92 valence electrons. The van der Waals surface area contributed by atoms with Gasteiger partial charge in [-0.05, 0) is 32.1 Å². The lowest BCUT2D eigenvalue weighted by atomic mass is 9.84. The molecule has 1 saturated heterocycles. The number of ether oxygens (including phenoxy) is 1. The van der Waals surface area contributed by atoms with E-state index >= 15 is 0 Å². The van der Waals surface area contributed by atoms with Crippen LogP contribution in [0, 0.1) is 11.8 Å². The molecule has 2 atom stereocenters. The molecule has 1 heterocycles.